The number of benzene rings is 1. The van der Waals surface area contributed by atoms with Gasteiger partial charge in [-0.1, -0.05) is 103 Å². The fraction of sp³-hybridized carbons (Fsp3) is 0.696. The molecule has 0 saturated carbocycles. The van der Waals surface area contributed by atoms with Crippen LogP contribution < -0.4 is 5.32 Å². The highest BCUT2D eigenvalue weighted by Crippen LogP contribution is 2.16. The third-order valence-electron chi connectivity index (χ3n) is 4.91. The van der Waals surface area contributed by atoms with Crippen molar-refractivity contribution < 1.29 is 5.11 Å². The summed E-state index contributed by atoms with van der Waals surface area (Å²) in [4.78, 5) is 0.898. The van der Waals surface area contributed by atoms with Gasteiger partial charge in [0.2, 0.25) is 0 Å². The van der Waals surface area contributed by atoms with Crippen LogP contribution in [0, 0.1) is 0 Å². The molecule has 26 heavy (non-hydrogen) atoms. The molecule has 0 radical (unpaired) electrons. The number of anilines is 1. The number of phenolic OH excluding ortho intramolecular Hbond substituents is 1. The number of rotatable bonds is 16. The van der Waals surface area contributed by atoms with E-state index < -0.39 is 0 Å². The molecule has 0 aliphatic carbocycles. The van der Waals surface area contributed by atoms with Gasteiger partial charge in [0.15, 0.2) is 0 Å². The van der Waals surface area contributed by atoms with Crippen molar-refractivity contribution in [2.75, 3.05) is 5.32 Å². The molecule has 0 unspecified atom stereocenters. The van der Waals surface area contributed by atoms with Crippen LogP contribution in [-0.2, 0) is 0 Å². The summed E-state index contributed by atoms with van der Waals surface area (Å²) >= 11 is 5.39. The highest BCUT2D eigenvalue weighted by atomic mass is 32.1. The maximum Gasteiger partial charge on any atom is 0.115 e. The molecule has 0 atom stereocenters. The standard InChI is InChI=1S/C23H39NOS/c1-2-3-4-5-6-7-8-9-10-11-12-13-14-15-16-23(26)24-21-17-19-22(25)20-18-21/h17-20,25H,2-16H2,1H3,(H,24,26). The van der Waals surface area contributed by atoms with Gasteiger partial charge in [0, 0.05) is 5.69 Å². The Morgan fingerprint density at radius 3 is 1.62 bits per heavy atom. The van der Waals surface area contributed by atoms with Crippen LogP contribution in [-0.4, -0.2) is 10.1 Å². The second-order valence-electron chi connectivity index (χ2n) is 7.44. The van der Waals surface area contributed by atoms with Crippen molar-refractivity contribution in [1.82, 2.24) is 0 Å². The van der Waals surface area contributed by atoms with Gasteiger partial charge in [-0.25, -0.2) is 0 Å². The number of hydrogen-bond acceptors (Lipinski definition) is 2. The molecule has 1 rings (SSSR count). The van der Waals surface area contributed by atoms with Crippen molar-refractivity contribution in [3.63, 3.8) is 0 Å². The molecule has 0 spiro atoms. The van der Waals surface area contributed by atoms with E-state index in [-0.39, 0.29) is 5.75 Å². The SMILES string of the molecule is CCCCCCCCCCCCCCCCC(=S)Nc1ccc(O)cc1. The van der Waals surface area contributed by atoms with Crippen molar-refractivity contribution in [3.05, 3.63) is 24.3 Å². The minimum atomic E-state index is 0.286. The van der Waals surface area contributed by atoms with Gasteiger partial charge in [-0.3, -0.25) is 0 Å². The predicted molar refractivity (Wildman–Crippen MR) is 119 cm³/mol. The Kier molecular flexibility index (Phi) is 14.2. The van der Waals surface area contributed by atoms with Crippen LogP contribution >= 0.6 is 12.2 Å². The lowest BCUT2D eigenvalue weighted by molar-refractivity contribution is 0.475. The first kappa shape index (κ1) is 23.0. The summed E-state index contributed by atoms with van der Waals surface area (Å²) in [6, 6.07) is 7.06. The fourth-order valence-electron chi connectivity index (χ4n) is 3.25. The van der Waals surface area contributed by atoms with Crippen molar-refractivity contribution in [3.8, 4) is 5.75 Å². The summed E-state index contributed by atoms with van der Waals surface area (Å²) in [5.41, 5.74) is 0.957. The molecule has 0 heterocycles. The van der Waals surface area contributed by atoms with Crippen LogP contribution in [0.4, 0.5) is 5.69 Å². The summed E-state index contributed by atoms with van der Waals surface area (Å²) < 4.78 is 0. The minimum absolute atomic E-state index is 0.286. The Hall–Kier alpha value is -1.09. The van der Waals surface area contributed by atoms with Gasteiger partial charge < -0.3 is 10.4 Å². The van der Waals surface area contributed by atoms with E-state index in [1.807, 2.05) is 12.1 Å². The third-order valence-corrected chi connectivity index (χ3v) is 5.21. The average molecular weight is 378 g/mol. The Labute approximate surface area is 166 Å². The molecular formula is C23H39NOS. The van der Waals surface area contributed by atoms with Crippen molar-refractivity contribution in [2.24, 2.45) is 0 Å². The summed E-state index contributed by atoms with van der Waals surface area (Å²) in [6.07, 6.45) is 20.3. The van der Waals surface area contributed by atoms with E-state index in [0.717, 1.165) is 17.1 Å². The number of phenols is 1. The van der Waals surface area contributed by atoms with Crippen LogP contribution in [0.5, 0.6) is 5.75 Å². The molecule has 0 aliphatic heterocycles. The molecule has 148 valence electrons. The lowest BCUT2D eigenvalue weighted by Crippen LogP contribution is -2.08. The normalized spacial score (nSPS) is 10.8. The van der Waals surface area contributed by atoms with Crippen LogP contribution in [0.1, 0.15) is 103 Å². The molecule has 0 aromatic heterocycles. The molecule has 1 aromatic rings. The Morgan fingerprint density at radius 2 is 1.15 bits per heavy atom. The molecule has 0 saturated heterocycles. The molecule has 1 aromatic carbocycles. The van der Waals surface area contributed by atoms with Gasteiger partial charge in [0.25, 0.3) is 0 Å². The van der Waals surface area contributed by atoms with Gasteiger partial charge in [-0.15, -0.1) is 0 Å². The molecule has 3 heteroatoms. The minimum Gasteiger partial charge on any atom is -0.508 e. The molecule has 0 aliphatic rings. The summed E-state index contributed by atoms with van der Waals surface area (Å²) in [5.74, 6) is 0.286. The zero-order valence-corrected chi connectivity index (χ0v) is 17.6. The zero-order valence-electron chi connectivity index (χ0n) is 16.8. The quantitative estimate of drug-likeness (QED) is 0.174. The monoisotopic (exact) mass is 377 g/mol. The second kappa shape index (κ2) is 16.1. The number of unbranched alkanes of at least 4 members (excludes halogenated alkanes) is 13. The van der Waals surface area contributed by atoms with E-state index in [1.165, 1.54) is 89.9 Å². The Bertz CT molecular complexity index is 458. The molecular weight excluding hydrogens is 338 g/mol. The van der Waals surface area contributed by atoms with Crippen molar-refractivity contribution in [2.45, 2.75) is 103 Å². The van der Waals surface area contributed by atoms with Crippen molar-refractivity contribution in [1.29, 1.82) is 0 Å². The Balaban J connectivity index is 1.83. The molecule has 0 fully saturated rings. The predicted octanol–water partition coefficient (Wildman–Crippen LogP) is 8.00. The van der Waals surface area contributed by atoms with E-state index in [2.05, 4.69) is 12.2 Å². The molecule has 0 bridgehead atoms. The Morgan fingerprint density at radius 1 is 0.731 bits per heavy atom. The second-order valence-corrected chi connectivity index (χ2v) is 7.93. The number of hydrogen-bond donors (Lipinski definition) is 2. The van der Waals surface area contributed by atoms with E-state index in [4.69, 9.17) is 12.2 Å². The largest absolute Gasteiger partial charge is 0.508 e. The smallest absolute Gasteiger partial charge is 0.115 e. The number of aromatic hydroxyl groups is 1. The van der Waals surface area contributed by atoms with Crippen LogP contribution in [0.2, 0.25) is 0 Å². The number of nitrogens with one attached hydrogen (secondary N) is 1. The lowest BCUT2D eigenvalue weighted by Gasteiger charge is -2.08. The number of thiocarbonyl (C=S) groups is 1. The first-order valence-corrected chi connectivity index (χ1v) is 11.2. The van der Waals surface area contributed by atoms with Gasteiger partial charge in [-0.05, 0) is 37.1 Å². The summed E-state index contributed by atoms with van der Waals surface area (Å²) in [5, 5.41) is 12.5. The molecule has 2 N–H and O–H groups in total. The fourth-order valence-corrected chi connectivity index (χ4v) is 3.51. The lowest BCUT2D eigenvalue weighted by atomic mass is 10.0. The molecule has 2 nitrogen and oxygen atoms in total. The topological polar surface area (TPSA) is 32.3 Å². The first-order valence-electron chi connectivity index (χ1n) is 10.8. The summed E-state index contributed by atoms with van der Waals surface area (Å²) in [6.45, 7) is 2.28. The van der Waals surface area contributed by atoms with Gasteiger partial charge in [-0.2, -0.15) is 0 Å². The van der Waals surface area contributed by atoms with Crippen LogP contribution in [0.3, 0.4) is 0 Å². The first-order chi connectivity index (χ1) is 12.7. The van der Waals surface area contributed by atoms with Crippen LogP contribution in [0.25, 0.3) is 0 Å². The van der Waals surface area contributed by atoms with E-state index in [0.29, 0.717) is 0 Å². The van der Waals surface area contributed by atoms with E-state index in [1.54, 1.807) is 12.1 Å². The van der Waals surface area contributed by atoms with Gasteiger partial charge in [0.05, 0.1) is 4.99 Å². The average Bonchev–Trinajstić information content (AvgIpc) is 2.64. The highest BCUT2D eigenvalue weighted by molar-refractivity contribution is 7.80. The maximum atomic E-state index is 9.27. The zero-order chi connectivity index (χ0) is 18.9. The van der Waals surface area contributed by atoms with Gasteiger partial charge in [0.1, 0.15) is 5.75 Å². The molecule has 0 amide bonds. The highest BCUT2D eigenvalue weighted by Gasteiger charge is 1.99. The maximum absolute atomic E-state index is 9.27. The summed E-state index contributed by atoms with van der Waals surface area (Å²) in [7, 11) is 0. The van der Waals surface area contributed by atoms with Crippen LogP contribution in [0.15, 0.2) is 24.3 Å². The third kappa shape index (κ3) is 13.2. The van der Waals surface area contributed by atoms with E-state index >= 15 is 0 Å². The van der Waals surface area contributed by atoms with Crippen molar-refractivity contribution >= 4 is 22.9 Å². The van der Waals surface area contributed by atoms with E-state index in [9.17, 15) is 5.11 Å². The van der Waals surface area contributed by atoms with Gasteiger partial charge >= 0.3 is 0 Å².